The van der Waals surface area contributed by atoms with Crippen LogP contribution < -0.4 is 16.4 Å². The van der Waals surface area contributed by atoms with Crippen molar-refractivity contribution >= 4 is 11.9 Å². The van der Waals surface area contributed by atoms with Gasteiger partial charge in [0.05, 0.1) is 12.6 Å². The molecule has 1 rings (SSSR count). The van der Waals surface area contributed by atoms with Crippen molar-refractivity contribution in [1.82, 2.24) is 10.6 Å². The molecule has 0 saturated heterocycles. The van der Waals surface area contributed by atoms with Crippen molar-refractivity contribution in [3.8, 4) is 0 Å². The molecule has 0 bridgehead atoms. The number of amides is 1. The molecule has 6 nitrogen and oxygen atoms in total. The molecule has 0 aromatic rings. The van der Waals surface area contributed by atoms with E-state index in [4.69, 9.17) is 10.5 Å². The quantitative estimate of drug-likeness (QED) is 0.354. The molecule has 1 fully saturated rings. The monoisotopic (exact) mass is 256 g/mol. The third kappa shape index (κ3) is 5.35. The Balaban J connectivity index is 2.28. The number of hydrogen-bond donors (Lipinski definition) is 3. The lowest BCUT2D eigenvalue weighted by atomic mass is 10.3. The Kier molecular flexibility index (Phi) is 6.49. The summed E-state index contributed by atoms with van der Waals surface area (Å²) in [6, 6.07) is -0.0618. The van der Waals surface area contributed by atoms with Crippen molar-refractivity contribution in [2.45, 2.75) is 44.7 Å². The highest BCUT2D eigenvalue weighted by Crippen LogP contribution is 2.20. The molecular formula is C12H24N4O2. The average molecular weight is 256 g/mol. The fourth-order valence-corrected chi connectivity index (χ4v) is 1.98. The Morgan fingerprint density at radius 3 is 2.78 bits per heavy atom. The standard InChI is InChI=1S/C12H24N4O2/c1-9(11(17)14-7-8-18-2)15-12(13)16-10-5-3-4-6-10/h9-10H,3-8H2,1-2H3,(H,14,17)(H3,13,15,16). The zero-order valence-corrected chi connectivity index (χ0v) is 11.2. The molecule has 1 saturated carbocycles. The van der Waals surface area contributed by atoms with Gasteiger partial charge >= 0.3 is 0 Å². The predicted octanol–water partition coefficient (Wildman–Crippen LogP) is -0.0156. The van der Waals surface area contributed by atoms with E-state index in [1.807, 2.05) is 0 Å². The summed E-state index contributed by atoms with van der Waals surface area (Å²) in [4.78, 5) is 16.0. The van der Waals surface area contributed by atoms with Crippen LogP contribution in [0.2, 0.25) is 0 Å². The summed E-state index contributed by atoms with van der Waals surface area (Å²) in [5.41, 5.74) is 5.78. The number of aliphatic imine (C=N–C) groups is 1. The molecule has 1 aliphatic carbocycles. The van der Waals surface area contributed by atoms with E-state index in [-0.39, 0.29) is 11.9 Å². The summed E-state index contributed by atoms with van der Waals surface area (Å²) in [7, 11) is 1.60. The Labute approximate surface area is 108 Å². The van der Waals surface area contributed by atoms with E-state index >= 15 is 0 Å². The largest absolute Gasteiger partial charge is 0.383 e. The maximum atomic E-state index is 11.7. The number of nitrogens with one attached hydrogen (secondary N) is 2. The number of nitrogens with two attached hydrogens (primary N) is 1. The minimum Gasteiger partial charge on any atom is -0.383 e. The number of hydrogen-bond acceptors (Lipinski definition) is 3. The number of methoxy groups -OCH3 is 1. The second-order valence-corrected chi connectivity index (χ2v) is 4.60. The van der Waals surface area contributed by atoms with Gasteiger partial charge in [0.15, 0.2) is 5.96 Å². The number of rotatable bonds is 6. The van der Waals surface area contributed by atoms with Gasteiger partial charge in [0, 0.05) is 13.7 Å². The van der Waals surface area contributed by atoms with Gasteiger partial charge in [0.1, 0.15) is 6.04 Å². The smallest absolute Gasteiger partial charge is 0.242 e. The van der Waals surface area contributed by atoms with Gasteiger partial charge in [-0.1, -0.05) is 12.8 Å². The van der Waals surface area contributed by atoms with Crippen LogP contribution in [0, 0.1) is 0 Å². The summed E-state index contributed by atoms with van der Waals surface area (Å²) >= 11 is 0. The molecule has 1 unspecified atom stereocenters. The van der Waals surface area contributed by atoms with Crippen LogP contribution in [0.15, 0.2) is 4.99 Å². The second-order valence-electron chi connectivity index (χ2n) is 4.60. The summed E-state index contributed by atoms with van der Waals surface area (Å²) in [6.45, 7) is 2.77. The molecule has 0 aromatic heterocycles. The molecule has 1 aliphatic rings. The molecule has 0 radical (unpaired) electrons. The van der Waals surface area contributed by atoms with E-state index in [1.54, 1.807) is 14.0 Å². The average Bonchev–Trinajstić information content (AvgIpc) is 2.81. The third-order valence-electron chi connectivity index (χ3n) is 3.01. The van der Waals surface area contributed by atoms with E-state index in [9.17, 15) is 4.79 Å². The van der Waals surface area contributed by atoms with Crippen LogP contribution in [-0.2, 0) is 9.53 Å². The molecule has 0 spiro atoms. The van der Waals surface area contributed by atoms with Crippen molar-refractivity contribution < 1.29 is 9.53 Å². The van der Waals surface area contributed by atoms with Crippen LogP contribution in [0.1, 0.15) is 32.6 Å². The van der Waals surface area contributed by atoms with Gasteiger partial charge in [0.25, 0.3) is 0 Å². The van der Waals surface area contributed by atoms with E-state index in [2.05, 4.69) is 15.6 Å². The van der Waals surface area contributed by atoms with Crippen LogP contribution in [0.4, 0.5) is 0 Å². The highest BCUT2D eigenvalue weighted by molar-refractivity contribution is 5.87. The molecule has 0 heterocycles. The fourth-order valence-electron chi connectivity index (χ4n) is 1.98. The molecule has 18 heavy (non-hydrogen) atoms. The lowest BCUT2D eigenvalue weighted by Crippen LogP contribution is -2.48. The van der Waals surface area contributed by atoms with E-state index in [0.29, 0.717) is 25.2 Å². The van der Waals surface area contributed by atoms with E-state index < -0.39 is 0 Å². The Morgan fingerprint density at radius 2 is 2.17 bits per heavy atom. The van der Waals surface area contributed by atoms with Gasteiger partial charge in [-0.15, -0.1) is 0 Å². The third-order valence-corrected chi connectivity index (χ3v) is 3.01. The number of carbonyl (C=O) groups excluding carboxylic acids is 1. The van der Waals surface area contributed by atoms with Gasteiger partial charge < -0.3 is 21.1 Å². The lowest BCUT2D eigenvalue weighted by Gasteiger charge is -2.15. The topological polar surface area (TPSA) is 88.7 Å². The normalized spacial score (nSPS) is 18.7. The minimum absolute atomic E-state index is 0.100. The second kappa shape index (κ2) is 7.92. The first-order valence-corrected chi connectivity index (χ1v) is 6.50. The predicted molar refractivity (Wildman–Crippen MR) is 71.4 cm³/mol. The van der Waals surface area contributed by atoms with Crippen molar-refractivity contribution in [3.05, 3.63) is 0 Å². The van der Waals surface area contributed by atoms with Crippen LogP contribution in [0.25, 0.3) is 0 Å². The number of ether oxygens (including phenoxy) is 1. The Morgan fingerprint density at radius 1 is 1.50 bits per heavy atom. The van der Waals surface area contributed by atoms with Crippen LogP contribution >= 0.6 is 0 Å². The molecule has 1 atom stereocenters. The zero-order chi connectivity index (χ0) is 13.4. The molecule has 1 amide bonds. The molecule has 0 aliphatic heterocycles. The van der Waals surface area contributed by atoms with Crippen molar-refractivity contribution in [3.63, 3.8) is 0 Å². The summed E-state index contributed by atoms with van der Waals surface area (Å²) in [6.07, 6.45) is 4.62. The Bertz CT molecular complexity index is 288. The van der Waals surface area contributed by atoms with Crippen LogP contribution in [0.5, 0.6) is 0 Å². The first kappa shape index (κ1) is 14.8. The highest BCUT2D eigenvalue weighted by Gasteiger charge is 2.16. The van der Waals surface area contributed by atoms with Crippen LogP contribution in [-0.4, -0.2) is 44.2 Å². The number of carbonyl (C=O) groups is 1. The SMILES string of the molecule is COCCNC(=O)C(C)NC(N)=NC1CCCC1. The lowest BCUT2D eigenvalue weighted by molar-refractivity contribution is -0.122. The first-order chi connectivity index (χ1) is 8.63. The van der Waals surface area contributed by atoms with Gasteiger partial charge in [-0.25, -0.2) is 0 Å². The van der Waals surface area contributed by atoms with Gasteiger partial charge in [0.2, 0.25) is 5.91 Å². The molecule has 104 valence electrons. The molecule has 0 aromatic carbocycles. The fraction of sp³-hybridized carbons (Fsp3) is 0.833. The summed E-state index contributed by atoms with van der Waals surface area (Å²) in [5.74, 6) is 0.257. The maximum Gasteiger partial charge on any atom is 0.242 e. The zero-order valence-electron chi connectivity index (χ0n) is 11.2. The first-order valence-electron chi connectivity index (χ1n) is 6.50. The minimum atomic E-state index is -0.382. The van der Waals surface area contributed by atoms with Crippen molar-refractivity contribution in [1.29, 1.82) is 0 Å². The van der Waals surface area contributed by atoms with Crippen molar-refractivity contribution in [2.24, 2.45) is 10.7 Å². The van der Waals surface area contributed by atoms with Crippen LogP contribution in [0.3, 0.4) is 0 Å². The van der Waals surface area contributed by atoms with E-state index in [1.165, 1.54) is 12.8 Å². The van der Waals surface area contributed by atoms with E-state index in [0.717, 1.165) is 12.8 Å². The molecular weight excluding hydrogens is 232 g/mol. The highest BCUT2D eigenvalue weighted by atomic mass is 16.5. The number of guanidine groups is 1. The maximum absolute atomic E-state index is 11.7. The van der Waals surface area contributed by atoms with Gasteiger partial charge in [-0.3, -0.25) is 9.79 Å². The number of nitrogens with zero attached hydrogens (tertiary/aromatic N) is 1. The van der Waals surface area contributed by atoms with Gasteiger partial charge in [-0.2, -0.15) is 0 Å². The van der Waals surface area contributed by atoms with Crippen molar-refractivity contribution in [2.75, 3.05) is 20.3 Å². The Hall–Kier alpha value is -1.30. The molecule has 6 heteroatoms. The summed E-state index contributed by atoms with van der Waals surface area (Å²) in [5, 5.41) is 5.65. The molecule has 4 N–H and O–H groups in total. The summed E-state index contributed by atoms with van der Waals surface area (Å²) < 4.78 is 4.86. The van der Waals surface area contributed by atoms with Gasteiger partial charge in [-0.05, 0) is 19.8 Å².